The molecule has 5 heteroatoms. The number of ether oxygens (including phenoxy) is 1. The molecule has 4 N–H and O–H groups in total. The Morgan fingerprint density at radius 2 is 1.95 bits per heavy atom. The van der Waals surface area contributed by atoms with E-state index in [0.717, 1.165) is 5.56 Å². The maximum atomic E-state index is 12.3. The predicted molar refractivity (Wildman–Crippen MR) is 82.9 cm³/mol. The number of aryl methyl sites for hydroxylation is 2. The van der Waals surface area contributed by atoms with Crippen molar-refractivity contribution in [2.45, 2.75) is 13.8 Å². The summed E-state index contributed by atoms with van der Waals surface area (Å²) in [6.07, 6.45) is 0. The van der Waals surface area contributed by atoms with Gasteiger partial charge in [-0.1, -0.05) is 6.07 Å². The molecule has 0 atom stereocenters. The van der Waals surface area contributed by atoms with Gasteiger partial charge >= 0.3 is 0 Å². The van der Waals surface area contributed by atoms with Gasteiger partial charge in [0.25, 0.3) is 5.91 Å². The molecule has 110 valence electrons. The normalized spacial score (nSPS) is 10.2. The van der Waals surface area contributed by atoms with E-state index >= 15 is 0 Å². The Morgan fingerprint density at radius 1 is 1.24 bits per heavy atom. The van der Waals surface area contributed by atoms with E-state index in [9.17, 15) is 9.90 Å². The van der Waals surface area contributed by atoms with Gasteiger partial charge in [-0.2, -0.15) is 0 Å². The average Bonchev–Trinajstić information content (AvgIpc) is 2.43. The maximum Gasteiger partial charge on any atom is 0.257 e. The number of hydrogen-bond acceptors (Lipinski definition) is 4. The van der Waals surface area contributed by atoms with Crippen molar-refractivity contribution in [3.05, 3.63) is 47.0 Å². The standard InChI is InChI=1S/C16H18N2O3/c1-9-6-10(2)15(19)14(7-9)18-16(20)12-5-4-11(21-3)8-13(12)17/h4-8,19H,17H2,1-3H3,(H,18,20). The highest BCUT2D eigenvalue weighted by atomic mass is 16.5. The summed E-state index contributed by atoms with van der Waals surface area (Å²) in [5.41, 5.74) is 8.51. The summed E-state index contributed by atoms with van der Waals surface area (Å²) in [4.78, 5) is 12.3. The van der Waals surface area contributed by atoms with Gasteiger partial charge < -0.3 is 20.9 Å². The van der Waals surface area contributed by atoms with Gasteiger partial charge in [0.05, 0.1) is 18.4 Å². The zero-order valence-corrected chi connectivity index (χ0v) is 12.2. The molecule has 0 heterocycles. The lowest BCUT2D eigenvalue weighted by atomic mass is 10.1. The number of hydrogen-bond donors (Lipinski definition) is 3. The van der Waals surface area contributed by atoms with Crippen molar-refractivity contribution in [1.29, 1.82) is 0 Å². The summed E-state index contributed by atoms with van der Waals surface area (Å²) in [6.45, 7) is 3.67. The Hall–Kier alpha value is -2.69. The minimum Gasteiger partial charge on any atom is -0.505 e. The number of aromatic hydroxyl groups is 1. The molecule has 0 aliphatic rings. The van der Waals surface area contributed by atoms with Gasteiger partial charge in [-0.05, 0) is 43.2 Å². The third kappa shape index (κ3) is 3.08. The van der Waals surface area contributed by atoms with E-state index in [1.807, 2.05) is 13.0 Å². The largest absolute Gasteiger partial charge is 0.505 e. The molecule has 0 bridgehead atoms. The number of phenolic OH excluding ortho intramolecular Hbond substituents is 1. The van der Waals surface area contributed by atoms with Gasteiger partial charge in [-0.3, -0.25) is 4.79 Å². The van der Waals surface area contributed by atoms with Gasteiger partial charge in [0.15, 0.2) is 0 Å². The van der Waals surface area contributed by atoms with Crippen LogP contribution in [0.1, 0.15) is 21.5 Å². The number of phenols is 1. The van der Waals surface area contributed by atoms with Crippen LogP contribution in [-0.2, 0) is 0 Å². The molecule has 0 radical (unpaired) electrons. The number of nitrogens with one attached hydrogen (secondary N) is 1. The van der Waals surface area contributed by atoms with E-state index in [1.165, 1.54) is 7.11 Å². The van der Waals surface area contributed by atoms with Crippen molar-refractivity contribution < 1.29 is 14.6 Å². The van der Waals surface area contributed by atoms with Crippen molar-refractivity contribution >= 4 is 17.3 Å². The topological polar surface area (TPSA) is 84.6 Å². The zero-order valence-electron chi connectivity index (χ0n) is 12.2. The van der Waals surface area contributed by atoms with Crippen LogP contribution in [0.25, 0.3) is 0 Å². The molecule has 0 aliphatic heterocycles. The number of anilines is 2. The molecule has 21 heavy (non-hydrogen) atoms. The van der Waals surface area contributed by atoms with Crippen LogP contribution in [0.4, 0.5) is 11.4 Å². The summed E-state index contributed by atoms with van der Waals surface area (Å²) >= 11 is 0. The lowest BCUT2D eigenvalue weighted by Crippen LogP contribution is -2.14. The van der Waals surface area contributed by atoms with Crippen LogP contribution >= 0.6 is 0 Å². The molecule has 0 saturated carbocycles. The Balaban J connectivity index is 2.30. The SMILES string of the molecule is COc1ccc(C(=O)Nc2cc(C)cc(C)c2O)c(N)c1. The second kappa shape index (κ2) is 5.75. The van der Waals surface area contributed by atoms with Crippen LogP contribution in [0.2, 0.25) is 0 Å². The second-order valence-electron chi connectivity index (χ2n) is 4.89. The van der Waals surface area contributed by atoms with Crippen LogP contribution in [0.3, 0.4) is 0 Å². The summed E-state index contributed by atoms with van der Waals surface area (Å²) in [6, 6.07) is 8.37. The number of nitrogen functional groups attached to an aromatic ring is 1. The Morgan fingerprint density at radius 3 is 2.57 bits per heavy atom. The number of amides is 1. The highest BCUT2D eigenvalue weighted by Gasteiger charge is 2.14. The fourth-order valence-electron chi connectivity index (χ4n) is 2.12. The van der Waals surface area contributed by atoms with Crippen molar-refractivity contribution in [3.8, 4) is 11.5 Å². The fraction of sp³-hybridized carbons (Fsp3) is 0.188. The molecule has 0 aromatic heterocycles. The molecule has 1 amide bonds. The second-order valence-corrected chi connectivity index (χ2v) is 4.89. The minimum absolute atomic E-state index is 0.0565. The smallest absolute Gasteiger partial charge is 0.257 e. The maximum absolute atomic E-state index is 12.3. The van der Waals surface area contributed by atoms with Gasteiger partial charge in [0.2, 0.25) is 0 Å². The first-order valence-electron chi connectivity index (χ1n) is 6.47. The lowest BCUT2D eigenvalue weighted by molar-refractivity contribution is 0.102. The minimum atomic E-state index is -0.379. The highest BCUT2D eigenvalue weighted by Crippen LogP contribution is 2.29. The van der Waals surface area contributed by atoms with E-state index < -0.39 is 0 Å². The van der Waals surface area contributed by atoms with E-state index in [0.29, 0.717) is 28.3 Å². The highest BCUT2D eigenvalue weighted by molar-refractivity contribution is 6.08. The number of benzene rings is 2. The molecule has 0 aliphatic carbocycles. The number of rotatable bonds is 3. The predicted octanol–water partition coefficient (Wildman–Crippen LogP) is 2.85. The fourth-order valence-corrected chi connectivity index (χ4v) is 2.12. The van der Waals surface area contributed by atoms with Crippen LogP contribution < -0.4 is 15.8 Å². The molecule has 0 fully saturated rings. The summed E-state index contributed by atoms with van der Waals surface area (Å²) in [5, 5.41) is 12.7. The van der Waals surface area contributed by atoms with Gasteiger partial charge in [0, 0.05) is 11.8 Å². The third-order valence-corrected chi connectivity index (χ3v) is 3.20. The van der Waals surface area contributed by atoms with Crippen molar-refractivity contribution in [2.75, 3.05) is 18.2 Å². The van der Waals surface area contributed by atoms with Crippen molar-refractivity contribution in [1.82, 2.24) is 0 Å². The molecule has 2 rings (SSSR count). The zero-order chi connectivity index (χ0) is 15.6. The van der Waals surface area contributed by atoms with Gasteiger partial charge in [-0.25, -0.2) is 0 Å². The van der Waals surface area contributed by atoms with Crippen LogP contribution in [-0.4, -0.2) is 18.1 Å². The number of carbonyl (C=O) groups excluding carboxylic acids is 1. The molecule has 2 aromatic carbocycles. The first-order valence-corrected chi connectivity index (χ1v) is 6.47. The van der Waals surface area contributed by atoms with Crippen LogP contribution in [0.15, 0.2) is 30.3 Å². The summed E-state index contributed by atoms with van der Waals surface area (Å²) in [5.74, 6) is 0.259. The van der Waals surface area contributed by atoms with Crippen molar-refractivity contribution in [3.63, 3.8) is 0 Å². The molecule has 2 aromatic rings. The first kappa shape index (κ1) is 14.7. The number of nitrogens with two attached hydrogens (primary N) is 1. The molecular weight excluding hydrogens is 268 g/mol. The number of carbonyl (C=O) groups is 1. The molecular formula is C16H18N2O3. The molecule has 0 spiro atoms. The van der Waals surface area contributed by atoms with E-state index in [4.69, 9.17) is 10.5 Å². The quantitative estimate of drug-likeness (QED) is 0.598. The first-order chi connectivity index (χ1) is 9.92. The van der Waals surface area contributed by atoms with Crippen LogP contribution in [0.5, 0.6) is 11.5 Å². The average molecular weight is 286 g/mol. The molecule has 0 unspecified atom stereocenters. The summed E-state index contributed by atoms with van der Waals surface area (Å²) < 4.78 is 5.05. The molecule has 0 saturated heterocycles. The molecule has 5 nitrogen and oxygen atoms in total. The van der Waals surface area contributed by atoms with E-state index in [2.05, 4.69) is 5.32 Å². The third-order valence-electron chi connectivity index (χ3n) is 3.20. The Bertz CT molecular complexity index is 696. The van der Waals surface area contributed by atoms with E-state index in [-0.39, 0.29) is 11.7 Å². The monoisotopic (exact) mass is 286 g/mol. The summed E-state index contributed by atoms with van der Waals surface area (Å²) in [7, 11) is 1.53. The number of methoxy groups -OCH3 is 1. The van der Waals surface area contributed by atoms with Gasteiger partial charge in [0.1, 0.15) is 11.5 Å². The Labute approximate surface area is 123 Å². The van der Waals surface area contributed by atoms with Crippen LogP contribution in [0, 0.1) is 13.8 Å². The Kier molecular flexibility index (Phi) is 4.03. The lowest BCUT2D eigenvalue weighted by Gasteiger charge is -2.12. The van der Waals surface area contributed by atoms with Gasteiger partial charge in [-0.15, -0.1) is 0 Å². The van der Waals surface area contributed by atoms with Crippen molar-refractivity contribution in [2.24, 2.45) is 0 Å². The van der Waals surface area contributed by atoms with E-state index in [1.54, 1.807) is 31.2 Å².